The average Bonchev–Trinajstić information content (AvgIpc) is 1.96. The highest BCUT2D eigenvalue weighted by molar-refractivity contribution is 7.53. The summed E-state index contributed by atoms with van der Waals surface area (Å²) in [7, 11) is -3.01. The third-order valence-corrected chi connectivity index (χ3v) is 2.86. The maximum Gasteiger partial charge on any atom is 0.328 e. The summed E-state index contributed by atoms with van der Waals surface area (Å²) in [6.07, 6.45) is 0. The Labute approximate surface area is 69.5 Å². The first-order valence-corrected chi connectivity index (χ1v) is 5.36. The predicted octanol–water partition coefficient (Wildman–Crippen LogP) is 0.891. The van der Waals surface area contributed by atoms with Gasteiger partial charge >= 0.3 is 7.60 Å². The third kappa shape index (κ3) is 1.83. The molecule has 0 aromatic rings. The van der Waals surface area contributed by atoms with Gasteiger partial charge in [0.15, 0.2) is 0 Å². The van der Waals surface area contributed by atoms with E-state index in [0.717, 1.165) is 0 Å². The largest absolute Gasteiger partial charge is 0.328 e. The molecule has 1 aliphatic rings. The number of nitro groups is 1. The van der Waals surface area contributed by atoms with Crippen LogP contribution in [0.15, 0.2) is 0 Å². The van der Waals surface area contributed by atoms with Crippen LogP contribution in [0, 0.1) is 10.1 Å². The molecule has 1 aliphatic heterocycles. The minimum Gasteiger partial charge on any atom is -0.301 e. The molecule has 1 heterocycles. The maximum atomic E-state index is 11.1. The molecule has 1 fully saturated rings. The van der Waals surface area contributed by atoms with Crippen LogP contribution in [0.2, 0.25) is 0 Å². The fourth-order valence-electron chi connectivity index (χ4n) is 0.697. The van der Waals surface area contributed by atoms with Crippen molar-refractivity contribution in [1.29, 1.82) is 0 Å². The van der Waals surface area contributed by atoms with Gasteiger partial charge in [-0.25, -0.2) is 0 Å². The Balaban J connectivity index is 2.68. The van der Waals surface area contributed by atoms with Gasteiger partial charge in [-0.15, -0.1) is 0 Å². The van der Waals surface area contributed by atoms with Crippen molar-refractivity contribution in [2.45, 2.75) is 12.5 Å². The van der Waals surface area contributed by atoms with Crippen molar-refractivity contribution in [3.63, 3.8) is 0 Å². The second kappa shape index (κ2) is 2.80. The molecule has 0 radical (unpaired) electrons. The van der Waals surface area contributed by atoms with Crippen LogP contribution in [0.4, 0.5) is 0 Å². The smallest absolute Gasteiger partial charge is 0.301 e. The lowest BCUT2D eigenvalue weighted by molar-refractivity contribution is -0.572. The summed E-state index contributed by atoms with van der Waals surface area (Å²) in [6.45, 7) is 2.38. The van der Waals surface area contributed by atoms with E-state index in [2.05, 4.69) is 0 Å². The molecule has 0 bridgehead atoms. The van der Waals surface area contributed by atoms with Crippen molar-refractivity contribution in [1.82, 2.24) is 0 Å². The Bertz CT molecular complexity index is 240. The summed E-state index contributed by atoms with van der Waals surface area (Å²) in [5.74, 6) is 0. The van der Waals surface area contributed by atoms with Crippen LogP contribution in [-0.2, 0) is 13.6 Å². The van der Waals surface area contributed by atoms with E-state index < -0.39 is 18.1 Å². The van der Waals surface area contributed by atoms with Crippen LogP contribution in [0.1, 0.15) is 6.92 Å². The van der Waals surface area contributed by atoms with E-state index in [4.69, 9.17) is 9.05 Å². The number of nitrogens with zero attached hydrogens (tertiary/aromatic N) is 1. The highest BCUT2D eigenvalue weighted by atomic mass is 31.2. The normalized spacial score (nSPS) is 42.5. The first-order chi connectivity index (χ1) is 5.36. The molecule has 0 amide bonds. The second-order valence-corrected chi connectivity index (χ2v) is 5.13. The summed E-state index contributed by atoms with van der Waals surface area (Å²) < 4.78 is 20.5. The van der Waals surface area contributed by atoms with E-state index in [0.29, 0.717) is 0 Å². The Kier molecular flexibility index (Phi) is 2.25. The molecule has 0 unspecified atom stereocenters. The highest BCUT2D eigenvalue weighted by Gasteiger charge is 2.45. The van der Waals surface area contributed by atoms with Crippen molar-refractivity contribution in [3.05, 3.63) is 10.1 Å². The van der Waals surface area contributed by atoms with Crippen molar-refractivity contribution in [2.75, 3.05) is 19.9 Å². The summed E-state index contributed by atoms with van der Waals surface area (Å²) in [5, 5.41) is 10.4. The molecule has 0 saturated carbocycles. The lowest BCUT2D eigenvalue weighted by Gasteiger charge is -2.28. The Morgan fingerprint density at radius 1 is 1.50 bits per heavy atom. The number of hydrogen-bond donors (Lipinski definition) is 0. The quantitative estimate of drug-likeness (QED) is 0.352. The molecule has 6 nitrogen and oxygen atoms in total. The summed E-state index contributed by atoms with van der Waals surface area (Å²) in [5.41, 5.74) is -1.26. The van der Waals surface area contributed by atoms with Crippen LogP contribution in [0.25, 0.3) is 0 Å². The number of hydrogen-bond acceptors (Lipinski definition) is 5. The van der Waals surface area contributed by atoms with Crippen LogP contribution in [0.3, 0.4) is 0 Å². The SMILES string of the molecule is CC1([N+](=O)[O-])COP(C)(=O)OC1. The maximum absolute atomic E-state index is 11.1. The van der Waals surface area contributed by atoms with Crippen molar-refractivity contribution in [3.8, 4) is 0 Å². The van der Waals surface area contributed by atoms with Gasteiger partial charge in [-0.2, -0.15) is 0 Å². The van der Waals surface area contributed by atoms with Gasteiger partial charge in [0.05, 0.1) is 0 Å². The molecule has 0 aromatic heterocycles. The lowest BCUT2D eigenvalue weighted by Crippen LogP contribution is -2.46. The average molecular weight is 195 g/mol. The second-order valence-electron chi connectivity index (χ2n) is 3.07. The molecule has 0 atom stereocenters. The van der Waals surface area contributed by atoms with Gasteiger partial charge in [-0.05, 0) is 0 Å². The summed E-state index contributed by atoms with van der Waals surface area (Å²) >= 11 is 0. The molecule has 12 heavy (non-hydrogen) atoms. The summed E-state index contributed by atoms with van der Waals surface area (Å²) in [6, 6.07) is 0. The topological polar surface area (TPSA) is 78.7 Å². The zero-order valence-electron chi connectivity index (χ0n) is 6.85. The Morgan fingerprint density at radius 2 is 1.92 bits per heavy atom. The minimum absolute atomic E-state index is 0.159. The van der Waals surface area contributed by atoms with Crippen LogP contribution < -0.4 is 0 Å². The lowest BCUT2D eigenvalue weighted by atomic mass is 10.1. The Hall–Kier alpha value is -0.450. The minimum atomic E-state index is -3.01. The molecule has 0 N–H and O–H groups in total. The molecule has 0 spiro atoms. The molecule has 1 rings (SSSR count). The van der Waals surface area contributed by atoms with Gasteiger partial charge < -0.3 is 9.05 Å². The van der Waals surface area contributed by atoms with E-state index in [1.54, 1.807) is 0 Å². The van der Waals surface area contributed by atoms with Gasteiger partial charge in [0.2, 0.25) is 0 Å². The van der Waals surface area contributed by atoms with Gasteiger partial charge in [0.25, 0.3) is 5.54 Å². The van der Waals surface area contributed by atoms with Crippen molar-refractivity contribution in [2.24, 2.45) is 0 Å². The molecule has 70 valence electrons. The standard InChI is InChI=1S/C5H10NO5P/c1-5(6(7)8)3-10-12(2,9)11-4-5/h3-4H2,1-2H3. The molecule has 1 saturated heterocycles. The fraction of sp³-hybridized carbons (Fsp3) is 1.00. The molecular weight excluding hydrogens is 185 g/mol. The van der Waals surface area contributed by atoms with E-state index in [1.165, 1.54) is 13.6 Å². The predicted molar refractivity (Wildman–Crippen MR) is 40.8 cm³/mol. The van der Waals surface area contributed by atoms with Crippen LogP contribution >= 0.6 is 7.60 Å². The van der Waals surface area contributed by atoms with Crippen molar-refractivity contribution >= 4 is 7.60 Å². The monoisotopic (exact) mass is 195 g/mol. The molecular formula is C5H10NO5P. The zero-order valence-corrected chi connectivity index (χ0v) is 7.74. The van der Waals surface area contributed by atoms with Gasteiger partial charge in [-0.3, -0.25) is 14.7 Å². The van der Waals surface area contributed by atoms with Gasteiger partial charge in [0, 0.05) is 18.5 Å². The molecule has 0 aliphatic carbocycles. The van der Waals surface area contributed by atoms with Crippen molar-refractivity contribution < 1.29 is 18.5 Å². The highest BCUT2D eigenvalue weighted by Crippen LogP contribution is 2.48. The fourth-order valence-corrected chi connectivity index (χ4v) is 1.80. The zero-order chi connectivity index (χ0) is 9.41. The van der Waals surface area contributed by atoms with Gasteiger partial charge in [0.1, 0.15) is 13.2 Å². The van der Waals surface area contributed by atoms with E-state index in [1.807, 2.05) is 0 Å². The van der Waals surface area contributed by atoms with Gasteiger partial charge in [-0.1, -0.05) is 0 Å². The Morgan fingerprint density at radius 3 is 2.25 bits per heavy atom. The van der Waals surface area contributed by atoms with E-state index >= 15 is 0 Å². The summed E-state index contributed by atoms with van der Waals surface area (Å²) in [4.78, 5) is 9.96. The van der Waals surface area contributed by atoms with E-state index in [9.17, 15) is 14.7 Å². The third-order valence-electron chi connectivity index (χ3n) is 1.66. The van der Waals surface area contributed by atoms with Crippen LogP contribution in [0.5, 0.6) is 0 Å². The first kappa shape index (κ1) is 9.64. The molecule has 7 heteroatoms. The van der Waals surface area contributed by atoms with E-state index in [-0.39, 0.29) is 13.2 Å². The van der Waals surface area contributed by atoms with Crippen LogP contribution in [-0.4, -0.2) is 30.3 Å². The number of rotatable bonds is 1. The first-order valence-electron chi connectivity index (χ1n) is 3.37. The molecule has 0 aromatic carbocycles.